The Hall–Kier alpha value is -0.840. The SMILES string of the molecule is Cc1ccc(O)c2c1C(C)CC2NCc1ccc(Br)s1. The second kappa shape index (κ2) is 5.51. The first-order chi connectivity index (χ1) is 9.56. The summed E-state index contributed by atoms with van der Waals surface area (Å²) in [7, 11) is 0. The molecule has 1 aromatic heterocycles. The molecule has 3 rings (SSSR count). The van der Waals surface area contributed by atoms with Gasteiger partial charge in [-0.2, -0.15) is 0 Å². The molecule has 2 N–H and O–H groups in total. The van der Waals surface area contributed by atoms with E-state index in [0.29, 0.717) is 11.7 Å². The molecule has 1 aliphatic rings. The van der Waals surface area contributed by atoms with E-state index in [1.54, 1.807) is 11.3 Å². The lowest BCUT2D eigenvalue weighted by Crippen LogP contribution is -2.18. The number of aromatic hydroxyl groups is 1. The van der Waals surface area contributed by atoms with Gasteiger partial charge >= 0.3 is 0 Å². The molecule has 0 bridgehead atoms. The summed E-state index contributed by atoms with van der Waals surface area (Å²) < 4.78 is 1.16. The molecule has 0 amide bonds. The number of phenols is 1. The van der Waals surface area contributed by atoms with Gasteiger partial charge in [0.05, 0.1) is 3.79 Å². The normalized spacial score (nSPS) is 21.1. The lowest BCUT2D eigenvalue weighted by molar-refractivity contribution is 0.445. The molecule has 2 aromatic rings. The maximum atomic E-state index is 10.2. The Bertz CT molecular complexity index is 637. The van der Waals surface area contributed by atoms with E-state index in [1.165, 1.54) is 16.0 Å². The highest BCUT2D eigenvalue weighted by molar-refractivity contribution is 9.11. The van der Waals surface area contributed by atoms with E-state index in [9.17, 15) is 5.11 Å². The monoisotopic (exact) mass is 351 g/mol. The topological polar surface area (TPSA) is 32.3 Å². The van der Waals surface area contributed by atoms with Crippen LogP contribution in [0.15, 0.2) is 28.1 Å². The van der Waals surface area contributed by atoms with E-state index in [4.69, 9.17) is 0 Å². The molecule has 0 radical (unpaired) electrons. The van der Waals surface area contributed by atoms with Crippen LogP contribution in [0.4, 0.5) is 0 Å². The molecule has 1 heterocycles. The molecule has 2 atom stereocenters. The number of rotatable bonds is 3. The summed E-state index contributed by atoms with van der Waals surface area (Å²) in [6.07, 6.45) is 1.06. The number of nitrogens with one attached hydrogen (secondary N) is 1. The predicted octanol–water partition coefficient (Wildman–Crippen LogP) is 4.86. The van der Waals surface area contributed by atoms with E-state index in [2.05, 4.69) is 47.2 Å². The first kappa shape index (κ1) is 14.1. The molecule has 2 unspecified atom stereocenters. The average molecular weight is 352 g/mol. The fourth-order valence-corrected chi connectivity index (χ4v) is 4.63. The van der Waals surface area contributed by atoms with Gasteiger partial charge in [0.15, 0.2) is 0 Å². The van der Waals surface area contributed by atoms with E-state index in [1.807, 2.05) is 12.1 Å². The van der Waals surface area contributed by atoms with Crippen molar-refractivity contribution in [1.82, 2.24) is 5.32 Å². The van der Waals surface area contributed by atoms with Gasteiger partial charge in [0, 0.05) is 23.0 Å². The lowest BCUT2D eigenvalue weighted by atomic mass is 9.97. The van der Waals surface area contributed by atoms with E-state index in [-0.39, 0.29) is 6.04 Å². The molecule has 0 fully saturated rings. The summed E-state index contributed by atoms with van der Waals surface area (Å²) in [5, 5.41) is 13.8. The number of thiophene rings is 1. The van der Waals surface area contributed by atoms with Crippen molar-refractivity contribution in [1.29, 1.82) is 0 Å². The third-order valence-electron chi connectivity index (χ3n) is 4.06. The predicted molar refractivity (Wildman–Crippen MR) is 87.5 cm³/mol. The Morgan fingerprint density at radius 3 is 2.80 bits per heavy atom. The zero-order chi connectivity index (χ0) is 14.3. The summed E-state index contributed by atoms with van der Waals surface area (Å²) in [6, 6.07) is 8.30. The second-order valence-electron chi connectivity index (χ2n) is 5.50. The summed E-state index contributed by atoms with van der Waals surface area (Å²) in [5.74, 6) is 0.935. The maximum Gasteiger partial charge on any atom is 0.120 e. The molecule has 0 saturated carbocycles. The standard InChI is InChI=1S/C16H18BrNOS/c1-9-3-5-13(19)16-12(7-10(2)15(9)16)18-8-11-4-6-14(17)20-11/h3-6,10,12,18-19H,7-8H2,1-2H3. The minimum atomic E-state index is 0.251. The molecule has 0 aliphatic heterocycles. The number of aryl methyl sites for hydroxylation is 1. The van der Waals surface area contributed by atoms with Crippen LogP contribution in [0.25, 0.3) is 0 Å². The number of fused-ring (bicyclic) bond motifs is 1. The highest BCUT2D eigenvalue weighted by Gasteiger charge is 2.31. The molecule has 1 aromatic carbocycles. The van der Waals surface area contributed by atoms with Crippen molar-refractivity contribution >= 4 is 27.3 Å². The Kier molecular flexibility index (Phi) is 3.89. The Morgan fingerprint density at radius 2 is 2.10 bits per heavy atom. The van der Waals surface area contributed by atoms with Crippen LogP contribution in [0, 0.1) is 6.92 Å². The number of halogens is 1. The summed E-state index contributed by atoms with van der Waals surface area (Å²) in [4.78, 5) is 1.31. The maximum absolute atomic E-state index is 10.2. The van der Waals surface area contributed by atoms with Crippen LogP contribution in [0.1, 0.15) is 46.9 Å². The van der Waals surface area contributed by atoms with E-state index < -0.39 is 0 Å². The smallest absolute Gasteiger partial charge is 0.120 e. The van der Waals surface area contributed by atoms with Gasteiger partial charge in [0.2, 0.25) is 0 Å². The molecule has 0 spiro atoms. The van der Waals surface area contributed by atoms with Crippen molar-refractivity contribution in [3.8, 4) is 5.75 Å². The molecular weight excluding hydrogens is 334 g/mol. The van der Waals surface area contributed by atoms with Gasteiger partial charge in [-0.05, 0) is 64.5 Å². The number of phenolic OH excluding ortho intramolecular Hbond substituents is 1. The van der Waals surface area contributed by atoms with Gasteiger partial charge in [-0.1, -0.05) is 13.0 Å². The molecule has 20 heavy (non-hydrogen) atoms. The zero-order valence-electron chi connectivity index (χ0n) is 11.6. The molecule has 106 valence electrons. The minimum absolute atomic E-state index is 0.251. The largest absolute Gasteiger partial charge is 0.508 e. The second-order valence-corrected chi connectivity index (χ2v) is 8.05. The van der Waals surface area contributed by atoms with Crippen molar-refractivity contribution in [3.63, 3.8) is 0 Å². The molecule has 4 heteroatoms. The first-order valence-corrected chi connectivity index (χ1v) is 8.47. The fraction of sp³-hybridized carbons (Fsp3) is 0.375. The van der Waals surface area contributed by atoms with Crippen LogP contribution in [0.3, 0.4) is 0 Å². The third-order valence-corrected chi connectivity index (χ3v) is 5.69. The quantitative estimate of drug-likeness (QED) is 0.827. The van der Waals surface area contributed by atoms with Gasteiger partial charge in [-0.3, -0.25) is 0 Å². The summed E-state index contributed by atoms with van der Waals surface area (Å²) in [6.45, 7) is 5.22. The number of hydrogen-bond acceptors (Lipinski definition) is 3. The Balaban J connectivity index is 1.82. The minimum Gasteiger partial charge on any atom is -0.508 e. The van der Waals surface area contributed by atoms with Crippen LogP contribution in [0.2, 0.25) is 0 Å². The average Bonchev–Trinajstić information content (AvgIpc) is 2.96. The van der Waals surface area contributed by atoms with Crippen molar-refractivity contribution in [3.05, 3.63) is 49.6 Å². The number of hydrogen-bond donors (Lipinski definition) is 2. The Morgan fingerprint density at radius 1 is 1.30 bits per heavy atom. The van der Waals surface area contributed by atoms with Gasteiger partial charge in [-0.25, -0.2) is 0 Å². The van der Waals surface area contributed by atoms with Crippen LogP contribution in [0.5, 0.6) is 5.75 Å². The van der Waals surface area contributed by atoms with Gasteiger partial charge in [0.1, 0.15) is 5.75 Å². The third kappa shape index (κ3) is 2.52. The van der Waals surface area contributed by atoms with Crippen LogP contribution in [-0.2, 0) is 6.54 Å². The zero-order valence-corrected chi connectivity index (χ0v) is 14.0. The van der Waals surface area contributed by atoms with E-state index in [0.717, 1.165) is 22.3 Å². The van der Waals surface area contributed by atoms with Gasteiger partial charge < -0.3 is 10.4 Å². The highest BCUT2D eigenvalue weighted by atomic mass is 79.9. The highest BCUT2D eigenvalue weighted by Crippen LogP contribution is 2.46. The Labute approximate surface area is 132 Å². The van der Waals surface area contributed by atoms with Crippen molar-refractivity contribution in [2.24, 2.45) is 0 Å². The number of benzene rings is 1. The van der Waals surface area contributed by atoms with Crippen molar-refractivity contribution < 1.29 is 5.11 Å². The van der Waals surface area contributed by atoms with Gasteiger partial charge in [0.25, 0.3) is 0 Å². The molecular formula is C16H18BrNOS. The first-order valence-electron chi connectivity index (χ1n) is 6.86. The molecule has 0 saturated heterocycles. The molecule has 2 nitrogen and oxygen atoms in total. The molecule has 1 aliphatic carbocycles. The van der Waals surface area contributed by atoms with Crippen LogP contribution < -0.4 is 5.32 Å². The fourth-order valence-electron chi connectivity index (χ4n) is 3.20. The summed E-state index contributed by atoms with van der Waals surface area (Å²) in [5.41, 5.74) is 3.72. The van der Waals surface area contributed by atoms with Crippen molar-refractivity contribution in [2.45, 2.75) is 38.8 Å². The van der Waals surface area contributed by atoms with Crippen molar-refractivity contribution in [2.75, 3.05) is 0 Å². The van der Waals surface area contributed by atoms with Gasteiger partial charge in [-0.15, -0.1) is 11.3 Å². The van der Waals surface area contributed by atoms with E-state index >= 15 is 0 Å². The van der Waals surface area contributed by atoms with Crippen LogP contribution in [-0.4, -0.2) is 5.11 Å². The lowest BCUT2D eigenvalue weighted by Gasteiger charge is -2.15. The summed E-state index contributed by atoms with van der Waals surface area (Å²) >= 11 is 5.25. The van der Waals surface area contributed by atoms with Crippen LogP contribution >= 0.6 is 27.3 Å².